The minimum absolute atomic E-state index is 0.0345. The number of carbonyl (C=O) groups is 1. The van der Waals surface area contributed by atoms with Crippen LogP contribution in [-0.2, 0) is 23.7 Å². The van der Waals surface area contributed by atoms with E-state index in [9.17, 15) is 31.1 Å². The average molecular weight is 416 g/mol. The molecule has 9 heteroatoms. The number of alkyl halides is 6. The van der Waals surface area contributed by atoms with Crippen molar-refractivity contribution in [2.75, 3.05) is 18.4 Å². The fourth-order valence-electron chi connectivity index (χ4n) is 3.30. The Balaban J connectivity index is 1.70. The molecular formula is C20H18F6N2O. The summed E-state index contributed by atoms with van der Waals surface area (Å²) >= 11 is 0. The number of halogens is 6. The zero-order chi connectivity index (χ0) is 21.2. The fraction of sp³-hybridized carbons (Fsp3) is 0.350. The summed E-state index contributed by atoms with van der Waals surface area (Å²) in [5, 5.41) is 2.23. The van der Waals surface area contributed by atoms with Gasteiger partial charge in [0.25, 0.3) is 0 Å². The van der Waals surface area contributed by atoms with Crippen LogP contribution in [0.5, 0.6) is 0 Å². The zero-order valence-corrected chi connectivity index (χ0v) is 15.1. The molecule has 1 amide bonds. The largest absolute Gasteiger partial charge is 0.416 e. The van der Waals surface area contributed by atoms with Crippen LogP contribution in [0, 0.1) is 5.92 Å². The Kier molecular flexibility index (Phi) is 5.88. The lowest BCUT2D eigenvalue weighted by Gasteiger charge is -2.17. The van der Waals surface area contributed by atoms with Gasteiger partial charge in [-0.3, -0.25) is 9.69 Å². The first kappa shape index (κ1) is 21.2. The van der Waals surface area contributed by atoms with Gasteiger partial charge in [0.1, 0.15) is 0 Å². The fourth-order valence-corrected chi connectivity index (χ4v) is 3.30. The first-order chi connectivity index (χ1) is 13.5. The molecule has 1 unspecified atom stereocenters. The van der Waals surface area contributed by atoms with Crippen molar-refractivity contribution in [2.24, 2.45) is 5.92 Å². The van der Waals surface area contributed by atoms with Gasteiger partial charge < -0.3 is 5.32 Å². The number of anilines is 1. The standard InChI is InChI=1S/C20H18F6N2O/c21-19(22,23)15-8-16(20(24,25)26)10-17(9-15)27-18(29)14-6-7-28(12-14)11-13-4-2-1-3-5-13/h1-5,8-10,14H,6-7,11-12H2,(H,27,29). The summed E-state index contributed by atoms with van der Waals surface area (Å²) in [5.41, 5.74) is -2.38. The number of benzene rings is 2. The summed E-state index contributed by atoms with van der Waals surface area (Å²) in [6, 6.07) is 10.6. The quantitative estimate of drug-likeness (QED) is 0.697. The van der Waals surface area contributed by atoms with Gasteiger partial charge in [0.15, 0.2) is 0 Å². The van der Waals surface area contributed by atoms with Crippen LogP contribution in [0.2, 0.25) is 0 Å². The number of nitrogens with one attached hydrogen (secondary N) is 1. The van der Waals surface area contributed by atoms with Crippen LogP contribution in [0.15, 0.2) is 48.5 Å². The van der Waals surface area contributed by atoms with E-state index >= 15 is 0 Å². The zero-order valence-electron chi connectivity index (χ0n) is 15.1. The van der Waals surface area contributed by atoms with E-state index in [4.69, 9.17) is 0 Å². The lowest BCUT2D eigenvalue weighted by Crippen LogP contribution is -2.27. The highest BCUT2D eigenvalue weighted by Gasteiger charge is 2.37. The molecule has 0 bridgehead atoms. The molecule has 1 saturated heterocycles. The molecule has 1 aliphatic heterocycles. The molecule has 1 heterocycles. The SMILES string of the molecule is O=C(Nc1cc(C(F)(F)F)cc(C(F)(F)F)c1)C1CCN(Cc2ccccc2)C1. The van der Waals surface area contributed by atoms with E-state index in [2.05, 4.69) is 5.32 Å². The predicted molar refractivity (Wildman–Crippen MR) is 94.9 cm³/mol. The molecule has 1 aliphatic rings. The Hall–Kier alpha value is -2.55. The number of likely N-dealkylation sites (tertiary alicyclic amines) is 1. The molecule has 3 rings (SSSR count). The van der Waals surface area contributed by atoms with E-state index in [0.717, 1.165) is 5.56 Å². The van der Waals surface area contributed by atoms with Crippen molar-refractivity contribution in [1.82, 2.24) is 4.90 Å². The van der Waals surface area contributed by atoms with Gasteiger partial charge in [-0.1, -0.05) is 30.3 Å². The van der Waals surface area contributed by atoms with Crippen molar-refractivity contribution < 1.29 is 31.1 Å². The maximum atomic E-state index is 12.9. The number of hydrogen-bond donors (Lipinski definition) is 1. The van der Waals surface area contributed by atoms with Crippen molar-refractivity contribution in [3.05, 3.63) is 65.2 Å². The van der Waals surface area contributed by atoms with Gasteiger partial charge in [-0.25, -0.2) is 0 Å². The Bertz CT molecular complexity index is 831. The van der Waals surface area contributed by atoms with Crippen LogP contribution >= 0.6 is 0 Å². The van der Waals surface area contributed by atoms with Gasteiger partial charge in [0, 0.05) is 18.8 Å². The number of amides is 1. The summed E-state index contributed by atoms with van der Waals surface area (Å²) in [5.74, 6) is -1.10. The van der Waals surface area contributed by atoms with Gasteiger partial charge in [0.2, 0.25) is 5.91 Å². The number of hydrogen-bond acceptors (Lipinski definition) is 2. The normalized spacial score (nSPS) is 18.1. The molecule has 0 aromatic heterocycles. The first-order valence-corrected chi connectivity index (χ1v) is 8.89. The molecule has 1 fully saturated rings. The van der Waals surface area contributed by atoms with Gasteiger partial charge >= 0.3 is 12.4 Å². The van der Waals surface area contributed by atoms with Crippen molar-refractivity contribution >= 4 is 11.6 Å². The van der Waals surface area contributed by atoms with E-state index < -0.39 is 41.0 Å². The molecule has 0 aliphatic carbocycles. The van der Waals surface area contributed by atoms with Gasteiger partial charge in [-0.2, -0.15) is 26.3 Å². The third-order valence-electron chi connectivity index (χ3n) is 4.75. The van der Waals surface area contributed by atoms with E-state index in [-0.39, 0.29) is 6.07 Å². The molecule has 29 heavy (non-hydrogen) atoms. The smallest absolute Gasteiger partial charge is 0.326 e. The van der Waals surface area contributed by atoms with E-state index in [1.165, 1.54) is 0 Å². The van der Waals surface area contributed by atoms with Crippen LogP contribution in [-0.4, -0.2) is 23.9 Å². The Morgan fingerprint density at radius 3 is 2.10 bits per heavy atom. The van der Waals surface area contributed by atoms with Crippen LogP contribution in [0.3, 0.4) is 0 Å². The third-order valence-corrected chi connectivity index (χ3v) is 4.75. The lowest BCUT2D eigenvalue weighted by atomic mass is 10.1. The van der Waals surface area contributed by atoms with Crippen LogP contribution < -0.4 is 5.32 Å². The molecule has 0 saturated carbocycles. The molecule has 0 radical (unpaired) electrons. The Morgan fingerprint density at radius 1 is 0.966 bits per heavy atom. The van der Waals surface area contributed by atoms with Crippen LogP contribution in [0.1, 0.15) is 23.1 Å². The maximum Gasteiger partial charge on any atom is 0.416 e. The van der Waals surface area contributed by atoms with Crippen molar-refractivity contribution in [1.29, 1.82) is 0 Å². The second kappa shape index (κ2) is 8.06. The van der Waals surface area contributed by atoms with E-state index in [1.807, 2.05) is 35.2 Å². The Labute approximate surface area is 163 Å². The third kappa shape index (κ3) is 5.50. The van der Waals surface area contributed by atoms with Crippen molar-refractivity contribution in [3.8, 4) is 0 Å². The number of nitrogens with zero attached hydrogens (tertiary/aromatic N) is 1. The highest BCUT2D eigenvalue weighted by Crippen LogP contribution is 2.37. The predicted octanol–water partition coefficient (Wildman–Crippen LogP) is 5.18. The van der Waals surface area contributed by atoms with E-state index in [0.29, 0.717) is 38.2 Å². The highest BCUT2D eigenvalue weighted by atomic mass is 19.4. The molecule has 156 valence electrons. The summed E-state index contributed by atoms with van der Waals surface area (Å²) in [6.07, 6.45) is -9.44. The molecule has 2 aromatic carbocycles. The lowest BCUT2D eigenvalue weighted by molar-refractivity contribution is -0.143. The second-order valence-electron chi connectivity index (χ2n) is 6.99. The minimum atomic E-state index is -4.96. The molecule has 1 atom stereocenters. The van der Waals surface area contributed by atoms with Crippen LogP contribution in [0.25, 0.3) is 0 Å². The highest BCUT2D eigenvalue weighted by molar-refractivity contribution is 5.93. The average Bonchev–Trinajstić information content (AvgIpc) is 3.09. The van der Waals surface area contributed by atoms with Gasteiger partial charge in [-0.15, -0.1) is 0 Å². The molecule has 2 aromatic rings. The van der Waals surface area contributed by atoms with E-state index in [1.54, 1.807) is 0 Å². The molecule has 0 spiro atoms. The maximum absolute atomic E-state index is 12.9. The number of rotatable bonds is 4. The molecule has 1 N–H and O–H groups in total. The topological polar surface area (TPSA) is 32.3 Å². The summed E-state index contributed by atoms with van der Waals surface area (Å²) in [6.45, 7) is 1.61. The number of carbonyl (C=O) groups excluding carboxylic acids is 1. The van der Waals surface area contributed by atoms with Crippen molar-refractivity contribution in [3.63, 3.8) is 0 Å². The van der Waals surface area contributed by atoms with Crippen LogP contribution in [0.4, 0.5) is 32.0 Å². The second-order valence-corrected chi connectivity index (χ2v) is 6.99. The monoisotopic (exact) mass is 416 g/mol. The van der Waals surface area contributed by atoms with Gasteiger partial charge in [0.05, 0.1) is 17.0 Å². The Morgan fingerprint density at radius 2 is 1.55 bits per heavy atom. The van der Waals surface area contributed by atoms with Gasteiger partial charge in [-0.05, 0) is 36.7 Å². The minimum Gasteiger partial charge on any atom is -0.326 e. The summed E-state index contributed by atoms with van der Waals surface area (Å²) < 4.78 is 77.7. The molecule has 3 nitrogen and oxygen atoms in total. The molecular weight excluding hydrogens is 398 g/mol. The summed E-state index contributed by atoms with van der Waals surface area (Å²) in [4.78, 5) is 14.5. The van der Waals surface area contributed by atoms with Crippen molar-refractivity contribution in [2.45, 2.75) is 25.3 Å². The summed E-state index contributed by atoms with van der Waals surface area (Å²) in [7, 11) is 0. The first-order valence-electron chi connectivity index (χ1n) is 8.89.